The summed E-state index contributed by atoms with van der Waals surface area (Å²) in [4.78, 5) is 11.9. The van der Waals surface area contributed by atoms with Gasteiger partial charge in [-0.3, -0.25) is 4.79 Å². The first-order chi connectivity index (χ1) is 11.1. The van der Waals surface area contributed by atoms with Gasteiger partial charge >= 0.3 is 6.18 Å². The summed E-state index contributed by atoms with van der Waals surface area (Å²) in [6.45, 7) is 2.11. The van der Waals surface area contributed by atoms with Crippen LogP contribution in [-0.4, -0.2) is 38.0 Å². The van der Waals surface area contributed by atoms with Gasteiger partial charge in [-0.1, -0.05) is 25.5 Å². The summed E-state index contributed by atoms with van der Waals surface area (Å²) in [7, 11) is -3.46. The van der Waals surface area contributed by atoms with E-state index in [9.17, 15) is 26.4 Å². The Morgan fingerprint density at radius 2 is 1.83 bits per heavy atom. The number of halogens is 3. The minimum Gasteiger partial charge on any atom is -0.325 e. The molecule has 0 aliphatic carbocycles. The molecule has 0 unspecified atom stereocenters. The fourth-order valence-electron chi connectivity index (χ4n) is 2.06. The minimum atomic E-state index is -4.58. The molecule has 24 heavy (non-hydrogen) atoms. The maximum atomic E-state index is 12.9. The van der Waals surface area contributed by atoms with Crippen molar-refractivity contribution in [1.29, 1.82) is 0 Å². The summed E-state index contributed by atoms with van der Waals surface area (Å²) in [5.41, 5.74) is -1.28. The molecule has 0 saturated carbocycles. The summed E-state index contributed by atoms with van der Waals surface area (Å²) in [6.07, 6.45) is -2.32. The third-order valence-corrected chi connectivity index (χ3v) is 4.63. The van der Waals surface area contributed by atoms with E-state index < -0.39 is 27.7 Å². The first-order valence-electron chi connectivity index (χ1n) is 7.47. The quantitative estimate of drug-likeness (QED) is 0.769. The molecule has 0 heterocycles. The van der Waals surface area contributed by atoms with Gasteiger partial charge < -0.3 is 5.32 Å². The van der Waals surface area contributed by atoms with E-state index in [-0.39, 0.29) is 25.2 Å². The molecule has 0 aliphatic heterocycles. The predicted molar refractivity (Wildman–Crippen MR) is 86.0 cm³/mol. The summed E-state index contributed by atoms with van der Waals surface area (Å²) < 4.78 is 63.0. The van der Waals surface area contributed by atoms with E-state index in [1.807, 2.05) is 6.92 Å². The normalized spacial score (nSPS) is 12.4. The Bertz CT molecular complexity index is 660. The molecule has 136 valence electrons. The molecule has 0 bridgehead atoms. The Kier molecular flexibility index (Phi) is 7.22. The van der Waals surface area contributed by atoms with Crippen LogP contribution in [0.25, 0.3) is 0 Å². The highest BCUT2D eigenvalue weighted by Crippen LogP contribution is 2.34. The Balaban J connectivity index is 2.73. The van der Waals surface area contributed by atoms with Crippen molar-refractivity contribution >= 4 is 21.6 Å². The van der Waals surface area contributed by atoms with E-state index in [1.165, 1.54) is 12.1 Å². The molecular formula is C15H21F3N2O3S. The number of para-hydroxylation sites is 1. The van der Waals surface area contributed by atoms with Gasteiger partial charge in [0.25, 0.3) is 0 Å². The van der Waals surface area contributed by atoms with Crippen LogP contribution in [0.3, 0.4) is 0 Å². The van der Waals surface area contributed by atoms with Gasteiger partial charge in [0.1, 0.15) is 0 Å². The van der Waals surface area contributed by atoms with Crippen molar-refractivity contribution in [3.05, 3.63) is 29.8 Å². The number of anilines is 1. The SMILES string of the molecule is CCCCN(CCC(=O)Nc1ccccc1C(F)(F)F)S(C)(=O)=O. The smallest absolute Gasteiger partial charge is 0.325 e. The maximum Gasteiger partial charge on any atom is 0.418 e. The fraction of sp³-hybridized carbons (Fsp3) is 0.533. The number of unbranched alkanes of at least 4 members (excludes halogenated alkanes) is 1. The number of benzene rings is 1. The van der Waals surface area contributed by atoms with Crippen LogP contribution in [0, 0.1) is 0 Å². The third-order valence-electron chi connectivity index (χ3n) is 3.32. The van der Waals surface area contributed by atoms with Crippen molar-refractivity contribution in [1.82, 2.24) is 4.31 Å². The number of rotatable bonds is 8. The topological polar surface area (TPSA) is 66.5 Å². The van der Waals surface area contributed by atoms with Crippen LogP contribution < -0.4 is 5.32 Å². The van der Waals surface area contributed by atoms with Crippen molar-refractivity contribution in [2.75, 3.05) is 24.7 Å². The van der Waals surface area contributed by atoms with E-state index in [1.54, 1.807) is 0 Å². The number of carbonyl (C=O) groups is 1. The van der Waals surface area contributed by atoms with Crippen molar-refractivity contribution in [3.63, 3.8) is 0 Å². The zero-order valence-corrected chi connectivity index (χ0v) is 14.4. The highest BCUT2D eigenvalue weighted by atomic mass is 32.2. The van der Waals surface area contributed by atoms with Crippen LogP contribution >= 0.6 is 0 Å². The molecule has 0 saturated heterocycles. The molecule has 0 radical (unpaired) electrons. The number of amides is 1. The number of nitrogens with zero attached hydrogens (tertiary/aromatic N) is 1. The highest BCUT2D eigenvalue weighted by molar-refractivity contribution is 7.88. The lowest BCUT2D eigenvalue weighted by atomic mass is 10.1. The molecule has 1 aromatic carbocycles. The van der Waals surface area contributed by atoms with Crippen LogP contribution in [0.15, 0.2) is 24.3 Å². The standard InChI is InChI=1S/C15H21F3N2O3S/c1-3-4-10-20(24(2,22)23)11-9-14(21)19-13-8-6-5-7-12(13)15(16,17)18/h5-8H,3-4,9-11H2,1-2H3,(H,19,21). The van der Waals surface area contributed by atoms with Crippen molar-refractivity contribution in [2.45, 2.75) is 32.4 Å². The molecule has 0 aliphatic rings. The molecular weight excluding hydrogens is 345 g/mol. The highest BCUT2D eigenvalue weighted by Gasteiger charge is 2.33. The average molecular weight is 366 g/mol. The lowest BCUT2D eigenvalue weighted by molar-refractivity contribution is -0.137. The largest absolute Gasteiger partial charge is 0.418 e. The van der Waals surface area contributed by atoms with Gasteiger partial charge in [0.05, 0.1) is 17.5 Å². The van der Waals surface area contributed by atoms with E-state index in [0.717, 1.165) is 29.1 Å². The number of hydrogen-bond acceptors (Lipinski definition) is 3. The van der Waals surface area contributed by atoms with Crippen LogP contribution in [0.2, 0.25) is 0 Å². The number of nitrogens with one attached hydrogen (secondary N) is 1. The lowest BCUT2D eigenvalue weighted by Crippen LogP contribution is -2.34. The fourth-order valence-corrected chi connectivity index (χ4v) is 2.94. The van der Waals surface area contributed by atoms with Gasteiger partial charge in [0.15, 0.2) is 0 Å². The summed E-state index contributed by atoms with van der Waals surface area (Å²) in [5.74, 6) is -0.670. The van der Waals surface area contributed by atoms with Crippen molar-refractivity contribution in [2.24, 2.45) is 0 Å². The summed E-state index contributed by atoms with van der Waals surface area (Å²) in [5, 5.41) is 2.20. The van der Waals surface area contributed by atoms with Gasteiger partial charge in [-0.25, -0.2) is 12.7 Å². The molecule has 1 amide bonds. The zero-order chi connectivity index (χ0) is 18.4. The summed E-state index contributed by atoms with van der Waals surface area (Å²) >= 11 is 0. The van der Waals surface area contributed by atoms with Crippen molar-refractivity contribution < 1.29 is 26.4 Å². The number of hydrogen-bond donors (Lipinski definition) is 1. The monoisotopic (exact) mass is 366 g/mol. The van der Waals surface area contributed by atoms with Crippen LogP contribution in [0.5, 0.6) is 0 Å². The van der Waals surface area contributed by atoms with Gasteiger partial charge in [-0.15, -0.1) is 0 Å². The van der Waals surface area contributed by atoms with Gasteiger partial charge in [0.2, 0.25) is 15.9 Å². The molecule has 1 rings (SSSR count). The first kappa shape index (κ1) is 20.4. The van der Waals surface area contributed by atoms with Crippen molar-refractivity contribution in [3.8, 4) is 0 Å². The average Bonchev–Trinajstić information content (AvgIpc) is 2.45. The molecule has 0 spiro atoms. The molecule has 0 atom stereocenters. The Labute approximate surface area is 139 Å². The molecule has 9 heteroatoms. The van der Waals surface area contributed by atoms with E-state index in [0.29, 0.717) is 6.42 Å². The molecule has 0 fully saturated rings. The predicted octanol–water partition coefficient (Wildman–Crippen LogP) is 3.10. The Morgan fingerprint density at radius 1 is 1.21 bits per heavy atom. The molecule has 0 aromatic heterocycles. The van der Waals surface area contributed by atoms with E-state index in [4.69, 9.17) is 0 Å². The first-order valence-corrected chi connectivity index (χ1v) is 9.31. The minimum absolute atomic E-state index is 0.0706. The van der Waals surface area contributed by atoms with Crippen LogP contribution in [0.4, 0.5) is 18.9 Å². The second-order valence-electron chi connectivity index (χ2n) is 5.36. The van der Waals surface area contributed by atoms with Crippen LogP contribution in [-0.2, 0) is 21.0 Å². The van der Waals surface area contributed by atoms with Crippen LogP contribution in [0.1, 0.15) is 31.7 Å². The second-order valence-corrected chi connectivity index (χ2v) is 7.34. The van der Waals surface area contributed by atoms with E-state index >= 15 is 0 Å². The zero-order valence-electron chi connectivity index (χ0n) is 13.6. The van der Waals surface area contributed by atoms with Gasteiger partial charge in [0, 0.05) is 19.5 Å². The Morgan fingerprint density at radius 3 is 2.38 bits per heavy atom. The molecule has 5 nitrogen and oxygen atoms in total. The lowest BCUT2D eigenvalue weighted by Gasteiger charge is -2.19. The number of carbonyl (C=O) groups excluding carboxylic acids is 1. The maximum absolute atomic E-state index is 12.9. The van der Waals surface area contributed by atoms with Gasteiger partial charge in [-0.2, -0.15) is 13.2 Å². The van der Waals surface area contributed by atoms with Gasteiger partial charge in [-0.05, 0) is 18.6 Å². The number of sulfonamides is 1. The summed E-state index contributed by atoms with van der Waals surface area (Å²) in [6, 6.07) is 4.65. The molecule has 1 N–H and O–H groups in total. The third kappa shape index (κ3) is 6.48. The number of alkyl halides is 3. The molecule has 1 aromatic rings. The van der Waals surface area contributed by atoms with E-state index in [2.05, 4.69) is 5.32 Å². The second kappa shape index (κ2) is 8.48. The Hall–Kier alpha value is -1.61.